The first-order chi connectivity index (χ1) is 19.1. The fourth-order valence-electron chi connectivity index (χ4n) is 4.01. The van der Waals surface area contributed by atoms with Crippen LogP contribution < -0.4 is 20.7 Å². The summed E-state index contributed by atoms with van der Waals surface area (Å²) in [7, 11) is 0.909. The van der Waals surface area contributed by atoms with Crippen LogP contribution >= 0.6 is 0 Å². The van der Waals surface area contributed by atoms with Crippen LogP contribution in [0.1, 0.15) is 16.4 Å². The lowest BCUT2D eigenvalue weighted by Gasteiger charge is -2.32. The van der Waals surface area contributed by atoms with Gasteiger partial charge in [-0.2, -0.15) is 9.29 Å². The number of ether oxygens (including phenoxy) is 2. The molecule has 0 saturated carbocycles. The van der Waals surface area contributed by atoms with Gasteiger partial charge in [0.1, 0.15) is 0 Å². The lowest BCUT2D eigenvalue weighted by atomic mass is 10.1. The molecular weight excluding hydrogens is 546 g/mol. The van der Waals surface area contributed by atoms with Crippen molar-refractivity contribution in [1.29, 1.82) is 0 Å². The van der Waals surface area contributed by atoms with Gasteiger partial charge in [0.2, 0.25) is 21.7 Å². The molecule has 1 aliphatic heterocycles. The molecule has 40 heavy (non-hydrogen) atoms. The average Bonchev–Trinajstić information content (AvgIpc) is 3.40. The number of nitrogens with one attached hydrogen (secondary N) is 3. The maximum absolute atomic E-state index is 12.4. The zero-order valence-corrected chi connectivity index (χ0v) is 23.1. The van der Waals surface area contributed by atoms with E-state index in [4.69, 9.17) is 9.26 Å². The number of carbonyl (C=O) groups is 2. The number of para-hydroxylation sites is 1. The minimum Gasteiger partial charge on any atom is -0.494 e. The number of anilines is 3. The number of amides is 2. The molecule has 3 aromatic rings. The summed E-state index contributed by atoms with van der Waals surface area (Å²) in [6, 6.07) is 6.63. The Labute approximate surface area is 230 Å². The minimum atomic E-state index is -3.23. The second-order valence-corrected chi connectivity index (χ2v) is 10.6. The molecule has 0 spiro atoms. The molecule has 1 aliphatic rings. The van der Waals surface area contributed by atoms with E-state index < -0.39 is 22.0 Å². The van der Waals surface area contributed by atoms with Crippen LogP contribution in [-0.2, 0) is 21.3 Å². The molecule has 0 bridgehead atoms. The van der Waals surface area contributed by atoms with Gasteiger partial charge in [-0.3, -0.25) is 15.0 Å². The Bertz CT molecular complexity index is 1490. The fourth-order valence-corrected chi connectivity index (χ4v) is 4.83. The zero-order valence-electron chi connectivity index (χ0n) is 22.3. The largest absolute Gasteiger partial charge is 0.494 e. The van der Waals surface area contributed by atoms with E-state index in [1.54, 1.807) is 18.2 Å². The van der Waals surface area contributed by atoms with E-state index >= 15 is 0 Å². The Morgan fingerprint density at radius 1 is 1.10 bits per heavy atom. The van der Waals surface area contributed by atoms with Crippen LogP contribution in [0.15, 0.2) is 28.8 Å². The number of nitrogens with zero attached hydrogens (tertiary/aromatic N) is 6. The summed E-state index contributed by atoms with van der Waals surface area (Å²) in [5, 5.41) is 19.9. The summed E-state index contributed by atoms with van der Waals surface area (Å²) < 4.78 is 40.7. The van der Waals surface area contributed by atoms with Crippen LogP contribution in [-0.4, -0.2) is 104 Å². The second-order valence-electron chi connectivity index (χ2n) is 8.65. The van der Waals surface area contributed by atoms with Crippen molar-refractivity contribution < 1.29 is 32.0 Å². The van der Waals surface area contributed by atoms with Gasteiger partial charge < -0.3 is 24.6 Å². The minimum absolute atomic E-state index is 0.0248. The zero-order chi connectivity index (χ0) is 28.9. The summed E-state index contributed by atoms with van der Waals surface area (Å²) in [4.78, 5) is 30.6. The van der Waals surface area contributed by atoms with Crippen molar-refractivity contribution in [3.05, 3.63) is 35.9 Å². The van der Waals surface area contributed by atoms with Gasteiger partial charge in [0.25, 0.3) is 5.91 Å². The molecule has 2 amide bonds. The van der Waals surface area contributed by atoms with Crippen molar-refractivity contribution >= 4 is 39.2 Å². The van der Waals surface area contributed by atoms with E-state index in [9.17, 15) is 18.0 Å². The van der Waals surface area contributed by atoms with Crippen molar-refractivity contribution in [2.45, 2.75) is 6.54 Å². The highest BCUT2D eigenvalue weighted by Crippen LogP contribution is 2.37. The Kier molecular flexibility index (Phi) is 8.76. The predicted octanol–water partition coefficient (Wildman–Crippen LogP) is 0.894. The number of sulfonamides is 1. The Balaban J connectivity index is 1.57. The molecule has 1 saturated heterocycles. The van der Waals surface area contributed by atoms with Crippen molar-refractivity contribution in [3.63, 3.8) is 0 Å². The summed E-state index contributed by atoms with van der Waals surface area (Å²) in [6.45, 7) is 2.21. The average molecular weight is 576 g/mol. The highest BCUT2D eigenvalue weighted by molar-refractivity contribution is 7.88. The quantitative estimate of drug-likeness (QED) is 0.326. The maximum atomic E-state index is 12.4. The molecule has 3 heterocycles. The van der Waals surface area contributed by atoms with Crippen LogP contribution in [0.5, 0.6) is 5.75 Å². The van der Waals surface area contributed by atoms with Crippen LogP contribution in [0.25, 0.3) is 11.4 Å². The molecule has 0 unspecified atom stereocenters. The van der Waals surface area contributed by atoms with Crippen molar-refractivity contribution in [1.82, 2.24) is 34.9 Å². The maximum Gasteiger partial charge on any atom is 0.412 e. The van der Waals surface area contributed by atoms with Crippen LogP contribution in [0.4, 0.5) is 22.0 Å². The van der Waals surface area contributed by atoms with Crippen LogP contribution in [0, 0.1) is 0 Å². The number of hydrogen-bond acceptors (Lipinski definition) is 13. The second kappa shape index (κ2) is 12.2. The summed E-state index contributed by atoms with van der Waals surface area (Å²) >= 11 is 0. The lowest BCUT2D eigenvalue weighted by molar-refractivity contribution is 0.0958. The molecule has 4 rings (SSSR count). The van der Waals surface area contributed by atoms with Gasteiger partial charge in [-0.05, 0) is 12.1 Å². The smallest absolute Gasteiger partial charge is 0.412 e. The van der Waals surface area contributed by atoms with E-state index in [1.165, 1.54) is 37.9 Å². The number of methoxy groups -OCH3 is 2. The molecule has 1 fully saturated rings. The van der Waals surface area contributed by atoms with Crippen LogP contribution in [0.3, 0.4) is 0 Å². The molecule has 0 aliphatic carbocycles. The molecule has 17 heteroatoms. The molecule has 214 valence electrons. The van der Waals surface area contributed by atoms with Gasteiger partial charge >= 0.3 is 6.09 Å². The van der Waals surface area contributed by atoms with Crippen LogP contribution in [0.2, 0.25) is 0 Å². The highest BCUT2D eigenvalue weighted by Gasteiger charge is 2.25. The number of piperazine rings is 1. The first kappa shape index (κ1) is 28.7. The molecular formula is C23H29N9O7S. The van der Waals surface area contributed by atoms with Crippen molar-refractivity contribution in [2.75, 3.05) is 64.3 Å². The van der Waals surface area contributed by atoms with Gasteiger partial charge in [-0.15, -0.1) is 10.2 Å². The third kappa shape index (κ3) is 6.61. The highest BCUT2D eigenvalue weighted by atomic mass is 32.2. The molecule has 3 N–H and O–H groups in total. The summed E-state index contributed by atoms with van der Waals surface area (Å²) in [6.07, 6.45) is 0.448. The normalized spacial score (nSPS) is 14.4. The van der Waals surface area contributed by atoms with E-state index in [2.05, 4.69) is 41.0 Å². The molecule has 0 atom stereocenters. The third-order valence-electron chi connectivity index (χ3n) is 6.01. The number of rotatable bonds is 9. The lowest BCUT2D eigenvalue weighted by Crippen LogP contribution is -2.47. The molecule has 16 nitrogen and oxygen atoms in total. The van der Waals surface area contributed by atoms with E-state index in [0.717, 1.165) is 0 Å². The number of aromatic nitrogens is 4. The van der Waals surface area contributed by atoms with E-state index in [1.807, 2.05) is 4.90 Å². The van der Waals surface area contributed by atoms with Gasteiger partial charge in [0, 0.05) is 39.3 Å². The first-order valence-electron chi connectivity index (χ1n) is 12.0. The van der Waals surface area contributed by atoms with E-state index in [-0.39, 0.29) is 23.0 Å². The third-order valence-corrected chi connectivity index (χ3v) is 7.31. The summed E-state index contributed by atoms with van der Waals surface area (Å²) in [5.41, 5.74) is 1.17. The topological polar surface area (TPSA) is 194 Å². The Morgan fingerprint density at radius 3 is 2.50 bits per heavy atom. The number of carbonyl (C=O) groups excluding carboxylic acids is 2. The fraction of sp³-hybridized carbons (Fsp3) is 0.391. The van der Waals surface area contributed by atoms with E-state index in [0.29, 0.717) is 55.6 Å². The molecule has 0 radical (unpaired) electrons. The van der Waals surface area contributed by atoms with Crippen molar-refractivity contribution in [3.8, 4) is 17.1 Å². The molecule has 1 aromatic carbocycles. The SMILES string of the molecule is CNC(=O)c1nnc(NC(=O)OC)cc1Nc1cccc(-c2noc(CN3CCN(S(C)(=O)=O)CC3)n2)c1OC. The number of hydrogen-bond donors (Lipinski definition) is 3. The summed E-state index contributed by atoms with van der Waals surface area (Å²) in [5.74, 6) is 0.547. The van der Waals surface area contributed by atoms with Gasteiger partial charge in [-0.25, -0.2) is 13.2 Å². The standard InChI is InChI=1S/C23H29N9O7S/c1-24-22(33)19-16(12-17(28-29-19)26-23(34)38-3)25-15-7-5-6-14(20(15)37-2)21-27-18(39-30-21)13-31-8-10-32(11-9-31)40(4,35)36/h5-7,12H,8-11,13H2,1-4H3,(H,24,33)(H2,25,26,28,34). The first-order valence-corrected chi connectivity index (χ1v) is 13.9. The Hall–Kier alpha value is -4.35. The number of benzene rings is 1. The monoisotopic (exact) mass is 575 g/mol. The van der Waals surface area contributed by atoms with Gasteiger partial charge in [0.05, 0.1) is 44.0 Å². The molecule has 2 aromatic heterocycles. The van der Waals surface area contributed by atoms with Gasteiger partial charge in [0.15, 0.2) is 17.3 Å². The van der Waals surface area contributed by atoms with Crippen molar-refractivity contribution in [2.24, 2.45) is 0 Å². The Morgan fingerprint density at radius 2 is 1.85 bits per heavy atom. The predicted molar refractivity (Wildman–Crippen MR) is 143 cm³/mol. The van der Waals surface area contributed by atoms with Gasteiger partial charge in [-0.1, -0.05) is 11.2 Å².